The number of rotatable bonds is 7. The maximum Gasteiger partial charge on any atom is 0.288 e. The predicted octanol–water partition coefficient (Wildman–Crippen LogP) is 3.75. The van der Waals surface area contributed by atoms with Gasteiger partial charge in [0.25, 0.3) is 10.7 Å². The summed E-state index contributed by atoms with van der Waals surface area (Å²) < 4.78 is 29.3. The van der Waals surface area contributed by atoms with Crippen LogP contribution in [0.4, 0.5) is 0 Å². The molecule has 1 aromatic heterocycles. The summed E-state index contributed by atoms with van der Waals surface area (Å²) in [6.07, 6.45) is 0. The Hall–Kier alpha value is -3.04. The molecular formula is C21H23N3O5S. The fourth-order valence-corrected chi connectivity index (χ4v) is 3.43. The SMILES string of the molecule is COc1ccc(-c2nn(CN(C)Cc3ccc4c(c3)OCCO4)c(=S)o2)c(OC)c1. The lowest BCUT2D eigenvalue weighted by molar-refractivity contribution is 0.171. The van der Waals surface area contributed by atoms with E-state index in [1.165, 1.54) is 0 Å². The van der Waals surface area contributed by atoms with Crippen LogP contribution in [0.15, 0.2) is 40.8 Å². The fraction of sp³-hybridized carbons (Fsp3) is 0.333. The Balaban J connectivity index is 1.49. The Kier molecular flexibility index (Phi) is 5.91. The van der Waals surface area contributed by atoms with Crippen molar-refractivity contribution in [2.75, 3.05) is 34.5 Å². The van der Waals surface area contributed by atoms with Crippen LogP contribution in [0.5, 0.6) is 23.0 Å². The highest BCUT2D eigenvalue weighted by atomic mass is 32.1. The van der Waals surface area contributed by atoms with Crippen molar-refractivity contribution in [3.05, 3.63) is 46.8 Å². The largest absolute Gasteiger partial charge is 0.497 e. The second-order valence-corrected chi connectivity index (χ2v) is 7.22. The van der Waals surface area contributed by atoms with Crippen LogP contribution in [0.25, 0.3) is 11.5 Å². The van der Waals surface area contributed by atoms with Crippen LogP contribution in [0.2, 0.25) is 0 Å². The van der Waals surface area contributed by atoms with Gasteiger partial charge in [-0.1, -0.05) is 6.07 Å². The molecule has 0 amide bonds. The lowest BCUT2D eigenvalue weighted by Crippen LogP contribution is -2.22. The minimum atomic E-state index is 0.289. The van der Waals surface area contributed by atoms with Gasteiger partial charge in [-0.2, -0.15) is 0 Å². The van der Waals surface area contributed by atoms with E-state index in [-0.39, 0.29) is 4.84 Å². The molecule has 2 aromatic carbocycles. The zero-order valence-corrected chi connectivity index (χ0v) is 17.9. The summed E-state index contributed by atoms with van der Waals surface area (Å²) in [5.74, 6) is 3.24. The van der Waals surface area contributed by atoms with Crippen LogP contribution < -0.4 is 18.9 Å². The maximum atomic E-state index is 5.72. The first-order valence-electron chi connectivity index (χ1n) is 9.45. The second kappa shape index (κ2) is 8.76. The van der Waals surface area contributed by atoms with Crippen LogP contribution in [0, 0.1) is 4.84 Å². The molecule has 158 valence electrons. The molecule has 4 rings (SSSR count). The number of fused-ring (bicyclic) bond motifs is 1. The first-order chi connectivity index (χ1) is 14.6. The summed E-state index contributed by atoms with van der Waals surface area (Å²) in [5.41, 5.74) is 1.81. The molecule has 9 heteroatoms. The third-order valence-electron chi connectivity index (χ3n) is 4.68. The molecular weight excluding hydrogens is 406 g/mol. The van der Waals surface area contributed by atoms with Crippen molar-refractivity contribution in [1.82, 2.24) is 14.7 Å². The normalized spacial score (nSPS) is 12.8. The van der Waals surface area contributed by atoms with E-state index in [1.807, 2.05) is 37.4 Å². The van der Waals surface area contributed by atoms with E-state index in [4.69, 9.17) is 35.6 Å². The Morgan fingerprint density at radius 3 is 2.63 bits per heavy atom. The van der Waals surface area contributed by atoms with Crippen molar-refractivity contribution in [3.8, 4) is 34.5 Å². The monoisotopic (exact) mass is 429 g/mol. The number of methoxy groups -OCH3 is 2. The van der Waals surface area contributed by atoms with E-state index in [9.17, 15) is 0 Å². The van der Waals surface area contributed by atoms with Gasteiger partial charge in [-0.3, -0.25) is 4.90 Å². The molecule has 30 heavy (non-hydrogen) atoms. The molecule has 0 saturated carbocycles. The van der Waals surface area contributed by atoms with Gasteiger partial charge >= 0.3 is 0 Å². The molecule has 2 heterocycles. The van der Waals surface area contributed by atoms with Crippen LogP contribution >= 0.6 is 12.2 Å². The molecule has 8 nitrogen and oxygen atoms in total. The number of ether oxygens (including phenoxy) is 4. The van der Waals surface area contributed by atoms with E-state index in [2.05, 4.69) is 10.00 Å². The fourth-order valence-electron chi connectivity index (χ4n) is 3.26. The third kappa shape index (κ3) is 4.27. The zero-order chi connectivity index (χ0) is 21.1. The lowest BCUT2D eigenvalue weighted by atomic mass is 10.2. The molecule has 1 aliphatic rings. The first kappa shape index (κ1) is 20.2. The van der Waals surface area contributed by atoms with E-state index >= 15 is 0 Å². The standard InChI is InChI=1S/C21H23N3O5S/c1-23(12-14-4-7-17-19(10-14)28-9-8-27-17)13-24-21(30)29-20(22-24)16-6-5-15(25-2)11-18(16)26-3/h4-7,10-11H,8-9,12-13H2,1-3H3. The second-order valence-electron chi connectivity index (χ2n) is 6.87. The van der Waals surface area contributed by atoms with Gasteiger partial charge in [-0.15, -0.1) is 5.10 Å². The van der Waals surface area contributed by atoms with Gasteiger partial charge in [-0.25, -0.2) is 4.68 Å². The van der Waals surface area contributed by atoms with Gasteiger partial charge in [0.1, 0.15) is 24.7 Å². The highest BCUT2D eigenvalue weighted by molar-refractivity contribution is 7.71. The molecule has 0 fully saturated rings. The average molecular weight is 429 g/mol. The number of aromatic nitrogens is 2. The molecule has 0 unspecified atom stereocenters. The highest BCUT2D eigenvalue weighted by Crippen LogP contribution is 2.33. The minimum absolute atomic E-state index is 0.289. The Bertz CT molecular complexity index is 1090. The van der Waals surface area contributed by atoms with Crippen molar-refractivity contribution in [1.29, 1.82) is 0 Å². The topological polar surface area (TPSA) is 71.1 Å². The summed E-state index contributed by atoms with van der Waals surface area (Å²) in [7, 11) is 5.18. The summed E-state index contributed by atoms with van der Waals surface area (Å²) >= 11 is 5.37. The Labute approximate surface area is 179 Å². The Morgan fingerprint density at radius 1 is 1.07 bits per heavy atom. The van der Waals surface area contributed by atoms with Gasteiger partial charge in [0.15, 0.2) is 11.5 Å². The van der Waals surface area contributed by atoms with Gasteiger partial charge in [0, 0.05) is 12.6 Å². The van der Waals surface area contributed by atoms with Crippen LogP contribution in [0.1, 0.15) is 5.56 Å². The average Bonchev–Trinajstić information content (AvgIpc) is 3.12. The quantitative estimate of drug-likeness (QED) is 0.526. The van der Waals surface area contributed by atoms with Gasteiger partial charge in [-0.05, 0) is 49.1 Å². The molecule has 0 radical (unpaired) electrons. The number of nitrogens with zero attached hydrogens (tertiary/aromatic N) is 3. The molecule has 0 spiro atoms. The molecule has 0 aliphatic carbocycles. The maximum absolute atomic E-state index is 5.72. The van der Waals surface area contributed by atoms with Gasteiger partial charge in [0.2, 0.25) is 0 Å². The van der Waals surface area contributed by atoms with Crippen molar-refractivity contribution in [3.63, 3.8) is 0 Å². The number of hydrogen-bond acceptors (Lipinski definition) is 8. The first-order valence-corrected chi connectivity index (χ1v) is 9.85. The molecule has 0 N–H and O–H groups in total. The third-order valence-corrected chi connectivity index (χ3v) is 4.97. The van der Waals surface area contributed by atoms with E-state index in [0.29, 0.717) is 49.4 Å². The predicted molar refractivity (Wildman–Crippen MR) is 113 cm³/mol. The van der Waals surface area contributed by atoms with Crippen molar-refractivity contribution in [2.45, 2.75) is 13.2 Å². The smallest absolute Gasteiger partial charge is 0.288 e. The molecule has 0 atom stereocenters. The summed E-state index contributed by atoms with van der Waals surface area (Å²) in [5, 5.41) is 4.53. The number of hydrogen-bond donors (Lipinski definition) is 0. The molecule has 3 aromatic rings. The summed E-state index contributed by atoms with van der Waals surface area (Å²) in [4.78, 5) is 2.37. The van der Waals surface area contributed by atoms with Gasteiger partial charge in [0.05, 0.1) is 26.5 Å². The molecule has 0 bridgehead atoms. The van der Waals surface area contributed by atoms with Crippen LogP contribution in [0.3, 0.4) is 0 Å². The van der Waals surface area contributed by atoms with E-state index < -0.39 is 0 Å². The van der Waals surface area contributed by atoms with E-state index in [0.717, 1.165) is 17.1 Å². The van der Waals surface area contributed by atoms with Crippen LogP contribution in [-0.2, 0) is 13.2 Å². The van der Waals surface area contributed by atoms with Crippen LogP contribution in [-0.4, -0.2) is 49.2 Å². The molecule has 0 saturated heterocycles. The summed E-state index contributed by atoms with van der Waals surface area (Å²) in [6.45, 7) is 2.30. The Morgan fingerprint density at radius 2 is 1.87 bits per heavy atom. The minimum Gasteiger partial charge on any atom is -0.497 e. The van der Waals surface area contributed by atoms with E-state index in [1.54, 1.807) is 25.0 Å². The lowest BCUT2D eigenvalue weighted by Gasteiger charge is -2.20. The van der Waals surface area contributed by atoms with Crippen molar-refractivity contribution in [2.24, 2.45) is 0 Å². The van der Waals surface area contributed by atoms with Crippen molar-refractivity contribution < 1.29 is 23.4 Å². The summed E-state index contributed by atoms with van der Waals surface area (Å²) in [6, 6.07) is 11.4. The highest BCUT2D eigenvalue weighted by Gasteiger charge is 2.16. The van der Waals surface area contributed by atoms with Gasteiger partial charge < -0.3 is 23.4 Å². The van der Waals surface area contributed by atoms with Crippen molar-refractivity contribution >= 4 is 12.2 Å². The zero-order valence-electron chi connectivity index (χ0n) is 17.1. The molecule has 1 aliphatic heterocycles. The number of benzene rings is 2.